The maximum absolute atomic E-state index is 13.3. The van der Waals surface area contributed by atoms with Crippen LogP contribution in [-0.4, -0.2) is 61.2 Å². The van der Waals surface area contributed by atoms with Gasteiger partial charge >= 0.3 is 11.9 Å². The Kier molecular flexibility index (Phi) is 10.2. The Labute approximate surface area is 267 Å². The molecule has 2 heterocycles. The minimum absolute atomic E-state index is 0.0334. The predicted molar refractivity (Wildman–Crippen MR) is 171 cm³/mol. The van der Waals surface area contributed by atoms with Gasteiger partial charge in [0.25, 0.3) is 0 Å². The van der Waals surface area contributed by atoms with Crippen molar-refractivity contribution >= 4 is 27.7 Å². The van der Waals surface area contributed by atoms with Crippen LogP contribution in [0.15, 0.2) is 70.6 Å². The summed E-state index contributed by atoms with van der Waals surface area (Å²) in [7, 11) is -3.88. The van der Waals surface area contributed by atoms with Crippen LogP contribution < -0.4 is 9.47 Å². The monoisotopic (exact) mass is 638 g/mol. The van der Waals surface area contributed by atoms with Crippen molar-refractivity contribution in [3.63, 3.8) is 0 Å². The SMILES string of the molecule is C=C1CCCN1C(C)CC(C)(C)C(=O)Oc1ccc(S(=O)(=O)c2ccc(OC(=O)C(C)(C)CC(C)N3CCCC3=O)cc2)cc1. The van der Waals surface area contributed by atoms with Gasteiger partial charge < -0.3 is 19.3 Å². The number of carbonyl (C=O) groups is 3. The Bertz CT molecular complexity index is 1420. The smallest absolute Gasteiger partial charge is 0.316 e. The fraction of sp³-hybridized carbons (Fsp3) is 0.514. The van der Waals surface area contributed by atoms with E-state index in [1.165, 1.54) is 48.5 Å². The molecular weight excluding hydrogens is 592 g/mol. The summed E-state index contributed by atoms with van der Waals surface area (Å²) in [5, 5.41) is 0. The third-order valence-electron chi connectivity index (χ3n) is 8.85. The van der Waals surface area contributed by atoms with Crippen molar-refractivity contribution in [3.8, 4) is 11.5 Å². The van der Waals surface area contributed by atoms with E-state index in [4.69, 9.17) is 9.47 Å². The van der Waals surface area contributed by atoms with Crippen molar-refractivity contribution in [3.05, 3.63) is 60.8 Å². The number of likely N-dealkylation sites (tertiary alicyclic amines) is 2. The van der Waals surface area contributed by atoms with Crippen LogP contribution >= 0.6 is 0 Å². The number of allylic oxidation sites excluding steroid dienone is 1. The van der Waals surface area contributed by atoms with Gasteiger partial charge in [0, 0.05) is 37.3 Å². The molecule has 10 heteroatoms. The van der Waals surface area contributed by atoms with Gasteiger partial charge in [0.2, 0.25) is 15.7 Å². The highest BCUT2D eigenvalue weighted by molar-refractivity contribution is 7.91. The average molecular weight is 639 g/mol. The number of sulfone groups is 1. The van der Waals surface area contributed by atoms with Gasteiger partial charge in [0.05, 0.1) is 20.6 Å². The summed E-state index contributed by atoms with van der Waals surface area (Å²) in [5.41, 5.74) is -0.506. The van der Waals surface area contributed by atoms with Crippen LogP contribution in [0.25, 0.3) is 0 Å². The summed E-state index contributed by atoms with van der Waals surface area (Å²) >= 11 is 0. The molecule has 2 aromatic rings. The maximum Gasteiger partial charge on any atom is 0.316 e. The molecule has 0 spiro atoms. The van der Waals surface area contributed by atoms with Crippen molar-refractivity contribution < 1.29 is 32.3 Å². The van der Waals surface area contributed by atoms with E-state index in [1.54, 1.807) is 18.7 Å². The topological polar surface area (TPSA) is 110 Å². The van der Waals surface area contributed by atoms with Gasteiger partial charge in [-0.05, 0) is 122 Å². The zero-order valence-electron chi connectivity index (χ0n) is 27.3. The summed E-state index contributed by atoms with van der Waals surface area (Å²) < 4.78 is 37.8. The van der Waals surface area contributed by atoms with Gasteiger partial charge in [-0.2, -0.15) is 0 Å². The van der Waals surface area contributed by atoms with E-state index in [1.807, 2.05) is 20.8 Å². The summed E-state index contributed by atoms with van der Waals surface area (Å²) in [6.45, 7) is 17.0. The molecule has 244 valence electrons. The molecule has 2 fully saturated rings. The molecule has 1 amide bonds. The lowest BCUT2D eigenvalue weighted by Gasteiger charge is -2.33. The molecule has 2 aliphatic rings. The zero-order valence-corrected chi connectivity index (χ0v) is 28.1. The summed E-state index contributed by atoms with van der Waals surface area (Å²) in [4.78, 5) is 42.2. The van der Waals surface area contributed by atoms with Gasteiger partial charge in [0.15, 0.2) is 0 Å². The van der Waals surface area contributed by atoms with Crippen LogP contribution in [0.4, 0.5) is 0 Å². The van der Waals surface area contributed by atoms with Crippen LogP contribution in [-0.2, 0) is 24.2 Å². The molecule has 2 unspecified atom stereocenters. The lowest BCUT2D eigenvalue weighted by molar-refractivity contribution is -0.146. The first kappa shape index (κ1) is 34.2. The van der Waals surface area contributed by atoms with Crippen LogP contribution in [0.5, 0.6) is 11.5 Å². The van der Waals surface area contributed by atoms with E-state index in [0.29, 0.717) is 25.8 Å². The maximum atomic E-state index is 13.3. The zero-order chi connectivity index (χ0) is 33.2. The van der Waals surface area contributed by atoms with Gasteiger partial charge in [-0.3, -0.25) is 14.4 Å². The molecule has 0 aliphatic carbocycles. The van der Waals surface area contributed by atoms with E-state index >= 15 is 0 Å². The van der Waals surface area contributed by atoms with Crippen LogP contribution in [0.3, 0.4) is 0 Å². The Balaban J connectivity index is 1.35. The standard InChI is InChI=1S/C35H46N2O7S/c1-24-10-8-20-36(24)25(2)22-34(4,5)32(39)43-27-12-16-29(17-13-27)45(41,42)30-18-14-28(15-19-30)44-33(40)35(6,7)23-26(3)37-21-9-11-31(37)38/h12-19,25-26H,1,8-11,20-23H2,2-7H3. The highest BCUT2D eigenvalue weighted by Crippen LogP contribution is 2.33. The minimum Gasteiger partial charge on any atom is -0.426 e. The van der Waals surface area contributed by atoms with Crippen molar-refractivity contribution in [1.29, 1.82) is 0 Å². The fourth-order valence-electron chi connectivity index (χ4n) is 6.29. The Morgan fingerprint density at radius 2 is 1.16 bits per heavy atom. The molecule has 2 atom stereocenters. The van der Waals surface area contributed by atoms with Crippen molar-refractivity contribution in [2.75, 3.05) is 13.1 Å². The van der Waals surface area contributed by atoms with E-state index in [2.05, 4.69) is 18.4 Å². The number of amides is 1. The van der Waals surface area contributed by atoms with Gasteiger partial charge in [-0.15, -0.1) is 0 Å². The second-order valence-corrected chi connectivity index (χ2v) is 15.6. The minimum atomic E-state index is -3.88. The molecule has 0 aromatic heterocycles. The molecule has 0 saturated carbocycles. The largest absolute Gasteiger partial charge is 0.426 e. The van der Waals surface area contributed by atoms with Crippen molar-refractivity contribution in [1.82, 2.24) is 9.80 Å². The van der Waals surface area contributed by atoms with Crippen LogP contribution in [0.1, 0.15) is 80.1 Å². The third-order valence-corrected chi connectivity index (χ3v) is 10.6. The average Bonchev–Trinajstić information content (AvgIpc) is 3.61. The number of esters is 2. The number of hydrogen-bond acceptors (Lipinski definition) is 8. The molecule has 45 heavy (non-hydrogen) atoms. The lowest BCUT2D eigenvalue weighted by Crippen LogP contribution is -2.40. The van der Waals surface area contributed by atoms with Crippen molar-refractivity contribution in [2.24, 2.45) is 10.8 Å². The highest BCUT2D eigenvalue weighted by atomic mass is 32.2. The normalized spacial score (nSPS) is 17.4. The van der Waals surface area contributed by atoms with Gasteiger partial charge in [-0.25, -0.2) is 8.42 Å². The summed E-state index contributed by atoms with van der Waals surface area (Å²) in [5.74, 6) is -0.250. The number of carbonyl (C=O) groups excluding carboxylic acids is 3. The molecule has 0 bridgehead atoms. The second-order valence-electron chi connectivity index (χ2n) is 13.7. The number of hydrogen-bond donors (Lipinski definition) is 0. The lowest BCUT2D eigenvalue weighted by atomic mass is 9.85. The van der Waals surface area contributed by atoms with Crippen LogP contribution in [0, 0.1) is 10.8 Å². The molecule has 2 aromatic carbocycles. The number of benzene rings is 2. The molecule has 2 aliphatic heterocycles. The Morgan fingerprint density at radius 1 is 0.756 bits per heavy atom. The van der Waals surface area contributed by atoms with E-state index in [9.17, 15) is 22.8 Å². The number of nitrogens with zero attached hydrogens (tertiary/aromatic N) is 2. The summed E-state index contributed by atoms with van der Waals surface area (Å²) in [6, 6.07) is 11.5. The van der Waals surface area contributed by atoms with Gasteiger partial charge in [-0.1, -0.05) is 6.58 Å². The second kappa shape index (κ2) is 13.4. The molecule has 4 rings (SSSR count). The molecule has 0 radical (unpaired) electrons. The third kappa shape index (κ3) is 7.95. The fourth-order valence-corrected chi connectivity index (χ4v) is 7.55. The summed E-state index contributed by atoms with van der Waals surface area (Å²) in [6.07, 6.45) is 4.46. The Hall–Kier alpha value is -3.66. The first-order chi connectivity index (χ1) is 21.0. The van der Waals surface area contributed by atoms with Crippen LogP contribution in [0.2, 0.25) is 0 Å². The molecular formula is C35H46N2O7S. The molecule has 2 saturated heterocycles. The number of rotatable bonds is 12. The number of ether oxygens (including phenoxy) is 2. The van der Waals surface area contributed by atoms with E-state index < -0.39 is 26.6 Å². The molecule has 9 nitrogen and oxygen atoms in total. The molecule has 0 N–H and O–H groups in total. The van der Waals surface area contributed by atoms with E-state index in [-0.39, 0.29) is 45.3 Å². The van der Waals surface area contributed by atoms with Gasteiger partial charge in [0.1, 0.15) is 11.5 Å². The van der Waals surface area contributed by atoms with Crippen molar-refractivity contribution in [2.45, 2.75) is 102 Å². The first-order valence-corrected chi connectivity index (χ1v) is 17.1. The highest BCUT2D eigenvalue weighted by Gasteiger charge is 2.36. The van der Waals surface area contributed by atoms with E-state index in [0.717, 1.165) is 31.5 Å². The predicted octanol–water partition coefficient (Wildman–Crippen LogP) is 6.17. The first-order valence-electron chi connectivity index (χ1n) is 15.6. The Morgan fingerprint density at radius 3 is 1.53 bits per heavy atom. The quantitative estimate of drug-likeness (QED) is 0.201.